The molecule has 1 aromatic carbocycles. The van der Waals surface area contributed by atoms with Crippen molar-refractivity contribution in [3.63, 3.8) is 0 Å². The number of aromatic nitrogens is 3. The summed E-state index contributed by atoms with van der Waals surface area (Å²) in [6.07, 6.45) is 0. The van der Waals surface area contributed by atoms with Gasteiger partial charge >= 0.3 is 6.01 Å². The molecule has 1 aliphatic heterocycles. The fourth-order valence-corrected chi connectivity index (χ4v) is 3.42. The summed E-state index contributed by atoms with van der Waals surface area (Å²) >= 11 is 0. The van der Waals surface area contributed by atoms with Crippen molar-refractivity contribution in [3.8, 4) is 6.01 Å². The number of morpholine rings is 1. The molecule has 140 valence electrons. The Kier molecular flexibility index (Phi) is 5.59. The fraction of sp³-hybridized carbons (Fsp3) is 0.400. The van der Waals surface area contributed by atoms with Crippen molar-refractivity contribution >= 4 is 16.0 Å². The summed E-state index contributed by atoms with van der Waals surface area (Å²) in [6, 6.07) is 5.20. The van der Waals surface area contributed by atoms with Gasteiger partial charge in [-0.2, -0.15) is 15.0 Å². The zero-order valence-corrected chi connectivity index (χ0v) is 14.9. The van der Waals surface area contributed by atoms with E-state index in [1.54, 1.807) is 0 Å². The number of hydrogen-bond donors (Lipinski definition) is 1. The highest BCUT2D eigenvalue weighted by atomic mass is 32.2. The van der Waals surface area contributed by atoms with Gasteiger partial charge in [0.15, 0.2) is 5.82 Å². The van der Waals surface area contributed by atoms with Crippen LogP contribution >= 0.6 is 0 Å². The number of anilines is 1. The van der Waals surface area contributed by atoms with Crippen LogP contribution in [0.25, 0.3) is 0 Å². The third-order valence-electron chi connectivity index (χ3n) is 3.67. The van der Waals surface area contributed by atoms with Crippen molar-refractivity contribution in [1.29, 1.82) is 0 Å². The monoisotopic (exact) mass is 383 g/mol. The van der Waals surface area contributed by atoms with Crippen LogP contribution in [-0.4, -0.2) is 56.8 Å². The van der Waals surface area contributed by atoms with Gasteiger partial charge in [-0.15, -0.1) is 0 Å². The van der Waals surface area contributed by atoms with Gasteiger partial charge in [0.2, 0.25) is 16.0 Å². The molecule has 1 aliphatic rings. The fourth-order valence-electron chi connectivity index (χ4n) is 2.36. The van der Waals surface area contributed by atoms with Gasteiger partial charge in [0.05, 0.1) is 26.9 Å². The van der Waals surface area contributed by atoms with Crippen molar-refractivity contribution in [1.82, 2.24) is 19.7 Å². The van der Waals surface area contributed by atoms with E-state index in [1.807, 2.05) is 4.90 Å². The Hall–Kier alpha value is -2.37. The molecule has 0 atom stereocenters. The maximum atomic E-state index is 13.7. The molecule has 1 aromatic heterocycles. The zero-order chi connectivity index (χ0) is 18.6. The minimum absolute atomic E-state index is 0.0709. The highest BCUT2D eigenvalue weighted by Gasteiger charge is 2.21. The molecule has 0 bridgehead atoms. The molecule has 1 N–H and O–H groups in total. The van der Waals surface area contributed by atoms with Crippen molar-refractivity contribution in [2.24, 2.45) is 0 Å². The first-order valence-corrected chi connectivity index (χ1v) is 9.34. The Morgan fingerprint density at radius 2 is 1.96 bits per heavy atom. The van der Waals surface area contributed by atoms with E-state index in [2.05, 4.69) is 19.7 Å². The van der Waals surface area contributed by atoms with E-state index in [4.69, 9.17) is 9.47 Å². The second-order valence-corrected chi connectivity index (χ2v) is 7.13. The first-order chi connectivity index (χ1) is 12.5. The number of halogens is 1. The smallest absolute Gasteiger partial charge is 0.321 e. The van der Waals surface area contributed by atoms with E-state index < -0.39 is 20.7 Å². The van der Waals surface area contributed by atoms with Crippen molar-refractivity contribution < 1.29 is 22.3 Å². The Morgan fingerprint density at radius 1 is 1.23 bits per heavy atom. The molecule has 0 aliphatic carbocycles. The normalized spacial score (nSPS) is 15.1. The number of hydrogen-bond acceptors (Lipinski definition) is 8. The van der Waals surface area contributed by atoms with Crippen LogP contribution in [0, 0.1) is 5.82 Å². The Labute approximate surface area is 150 Å². The Balaban J connectivity index is 1.80. The highest BCUT2D eigenvalue weighted by molar-refractivity contribution is 7.89. The van der Waals surface area contributed by atoms with Crippen LogP contribution in [0.1, 0.15) is 5.82 Å². The van der Waals surface area contributed by atoms with Gasteiger partial charge < -0.3 is 14.4 Å². The summed E-state index contributed by atoms with van der Waals surface area (Å²) in [4.78, 5) is 14.0. The van der Waals surface area contributed by atoms with Gasteiger partial charge in [-0.1, -0.05) is 12.1 Å². The molecule has 9 nitrogen and oxygen atoms in total. The predicted molar refractivity (Wildman–Crippen MR) is 89.8 cm³/mol. The van der Waals surface area contributed by atoms with Crippen molar-refractivity contribution in [2.45, 2.75) is 11.4 Å². The molecule has 0 unspecified atom stereocenters. The van der Waals surface area contributed by atoms with E-state index in [9.17, 15) is 12.8 Å². The van der Waals surface area contributed by atoms with E-state index >= 15 is 0 Å². The number of benzene rings is 1. The maximum absolute atomic E-state index is 13.7. The molecule has 0 saturated carbocycles. The Morgan fingerprint density at radius 3 is 2.65 bits per heavy atom. The number of sulfonamides is 1. The van der Waals surface area contributed by atoms with E-state index in [0.717, 1.165) is 6.07 Å². The van der Waals surface area contributed by atoms with Gasteiger partial charge in [0.1, 0.15) is 10.7 Å². The van der Waals surface area contributed by atoms with Crippen molar-refractivity contribution in [2.75, 3.05) is 38.3 Å². The summed E-state index contributed by atoms with van der Waals surface area (Å²) in [5, 5.41) is 0. The standard InChI is InChI=1S/C15H18FN5O4S/c1-24-15-19-13(18-14(20-15)21-6-8-25-9-7-21)10-17-26(22,23)12-5-3-2-4-11(12)16/h2-5,17H,6-10H2,1H3. The molecule has 0 amide bonds. The number of methoxy groups -OCH3 is 1. The average molecular weight is 383 g/mol. The van der Waals surface area contributed by atoms with Crippen LogP contribution in [0.5, 0.6) is 6.01 Å². The summed E-state index contributed by atoms with van der Waals surface area (Å²) in [5.41, 5.74) is 0. The van der Waals surface area contributed by atoms with Crippen LogP contribution in [0.15, 0.2) is 29.2 Å². The van der Waals surface area contributed by atoms with Gasteiger partial charge in [0, 0.05) is 13.1 Å². The zero-order valence-electron chi connectivity index (χ0n) is 14.1. The molecule has 11 heteroatoms. The van der Waals surface area contributed by atoms with Gasteiger partial charge in [0.25, 0.3) is 0 Å². The lowest BCUT2D eigenvalue weighted by molar-refractivity contribution is 0.122. The molecule has 1 fully saturated rings. The molecule has 0 spiro atoms. The molecule has 26 heavy (non-hydrogen) atoms. The largest absolute Gasteiger partial charge is 0.467 e. The number of rotatable bonds is 6. The minimum Gasteiger partial charge on any atom is -0.467 e. The molecule has 2 heterocycles. The number of ether oxygens (including phenoxy) is 2. The maximum Gasteiger partial charge on any atom is 0.321 e. The van der Waals surface area contributed by atoms with E-state index in [-0.39, 0.29) is 18.4 Å². The average Bonchev–Trinajstić information content (AvgIpc) is 2.67. The second-order valence-electron chi connectivity index (χ2n) is 5.39. The third kappa shape index (κ3) is 4.23. The number of nitrogens with one attached hydrogen (secondary N) is 1. The number of nitrogens with zero attached hydrogens (tertiary/aromatic N) is 4. The van der Waals surface area contributed by atoms with Crippen LogP contribution in [0.2, 0.25) is 0 Å². The first kappa shape index (κ1) is 18.4. The lowest BCUT2D eigenvalue weighted by Gasteiger charge is -2.26. The van der Waals surface area contributed by atoms with Gasteiger partial charge in [-0.3, -0.25) is 0 Å². The summed E-state index contributed by atoms with van der Waals surface area (Å²) in [5.74, 6) is -0.291. The Bertz CT molecular complexity index is 874. The molecule has 1 saturated heterocycles. The summed E-state index contributed by atoms with van der Waals surface area (Å²) in [6.45, 7) is 2.07. The van der Waals surface area contributed by atoms with Gasteiger partial charge in [-0.05, 0) is 12.1 Å². The topological polar surface area (TPSA) is 107 Å². The summed E-state index contributed by atoms with van der Waals surface area (Å²) < 4.78 is 51.0. The first-order valence-electron chi connectivity index (χ1n) is 7.85. The van der Waals surface area contributed by atoms with Crippen LogP contribution in [-0.2, 0) is 21.3 Å². The summed E-state index contributed by atoms with van der Waals surface area (Å²) in [7, 11) is -2.64. The molecular weight excluding hydrogens is 365 g/mol. The lowest BCUT2D eigenvalue weighted by Crippen LogP contribution is -2.37. The van der Waals surface area contributed by atoms with E-state index in [1.165, 1.54) is 25.3 Å². The van der Waals surface area contributed by atoms with Gasteiger partial charge in [-0.25, -0.2) is 17.5 Å². The van der Waals surface area contributed by atoms with E-state index in [0.29, 0.717) is 32.3 Å². The SMILES string of the molecule is COc1nc(CNS(=O)(=O)c2ccccc2F)nc(N2CCOCC2)n1. The molecule has 2 aromatic rings. The van der Waals surface area contributed by atoms with Crippen molar-refractivity contribution in [3.05, 3.63) is 35.9 Å². The quantitative estimate of drug-likeness (QED) is 0.761. The van der Waals surface area contributed by atoms with Crippen LogP contribution < -0.4 is 14.4 Å². The minimum atomic E-state index is -4.05. The van der Waals surface area contributed by atoms with Crippen LogP contribution in [0.3, 0.4) is 0 Å². The molecule has 3 rings (SSSR count). The third-order valence-corrected chi connectivity index (χ3v) is 5.11. The highest BCUT2D eigenvalue weighted by Crippen LogP contribution is 2.16. The molecular formula is C15H18FN5O4S. The second kappa shape index (κ2) is 7.89. The predicted octanol–water partition coefficient (Wildman–Crippen LogP) is 0.334. The lowest BCUT2D eigenvalue weighted by atomic mass is 10.4. The van der Waals surface area contributed by atoms with Crippen LogP contribution in [0.4, 0.5) is 10.3 Å². The molecule has 0 radical (unpaired) electrons.